The number of carbonyl (C=O) groups is 1. The van der Waals surface area contributed by atoms with Crippen molar-refractivity contribution >= 4 is 41.5 Å². The summed E-state index contributed by atoms with van der Waals surface area (Å²) in [4.78, 5) is 15.7. The molecular weight excluding hydrogens is 515 g/mol. The third kappa shape index (κ3) is 5.64. The first-order chi connectivity index (χ1) is 15.7. The van der Waals surface area contributed by atoms with Crippen LogP contribution in [0, 0.1) is 5.82 Å². The van der Waals surface area contributed by atoms with Crippen LogP contribution in [0.1, 0.15) is 66.1 Å². The number of fused-ring (bicyclic) bond motifs is 1. The van der Waals surface area contributed by atoms with Crippen molar-refractivity contribution in [3.8, 4) is 0 Å². The minimum absolute atomic E-state index is 0. The summed E-state index contributed by atoms with van der Waals surface area (Å²) in [6.07, 6.45) is 1.40. The number of nitrogens with one attached hydrogen (secondary N) is 1. The fraction of sp³-hybridized carbons (Fsp3) is 0.458. The number of carbonyl (C=O) groups excluding carboxylic acids is 1. The molecule has 0 radical (unpaired) electrons. The van der Waals surface area contributed by atoms with Gasteiger partial charge in [0.15, 0.2) is 0 Å². The molecule has 1 amide bonds. The van der Waals surface area contributed by atoms with Crippen molar-refractivity contribution in [2.45, 2.75) is 62.8 Å². The van der Waals surface area contributed by atoms with Crippen molar-refractivity contribution in [2.75, 3.05) is 6.54 Å². The fourth-order valence-corrected chi connectivity index (χ4v) is 5.77. The Balaban J connectivity index is 0.00000324. The van der Waals surface area contributed by atoms with Crippen molar-refractivity contribution in [3.05, 3.63) is 69.0 Å². The predicted octanol–water partition coefficient (Wildman–Crippen LogP) is 7.45. The smallest absolute Gasteiger partial charge is 0.344 e. The molecule has 2 aromatic rings. The third-order valence-corrected chi connectivity index (χ3v) is 7.37. The zero-order chi connectivity index (χ0) is 23.8. The lowest BCUT2D eigenvalue weighted by Crippen LogP contribution is -2.54. The van der Waals surface area contributed by atoms with Gasteiger partial charge >= 0.3 is 6.18 Å². The Kier molecular flexibility index (Phi) is 8.77. The average molecular weight is 540 g/mol. The maximum Gasteiger partial charge on any atom is 0.417 e. The van der Waals surface area contributed by atoms with Crippen LogP contribution in [0.5, 0.6) is 0 Å². The summed E-state index contributed by atoms with van der Waals surface area (Å²) in [7, 11) is 0. The topological polar surface area (TPSA) is 32.3 Å². The van der Waals surface area contributed by atoms with E-state index in [-0.39, 0.29) is 23.5 Å². The van der Waals surface area contributed by atoms with Crippen LogP contribution in [0.3, 0.4) is 0 Å². The summed E-state index contributed by atoms with van der Waals surface area (Å²) in [5.74, 6) is -1.20. The van der Waals surface area contributed by atoms with E-state index in [2.05, 4.69) is 10.2 Å². The van der Waals surface area contributed by atoms with Crippen LogP contribution in [0.15, 0.2) is 36.4 Å². The highest BCUT2D eigenvalue weighted by molar-refractivity contribution is 6.40. The Labute approximate surface area is 212 Å². The van der Waals surface area contributed by atoms with E-state index < -0.39 is 40.1 Å². The van der Waals surface area contributed by atoms with Crippen LogP contribution in [-0.2, 0) is 6.18 Å². The number of hydrogen-bond acceptors (Lipinski definition) is 2. The number of piperidine rings is 2. The van der Waals surface area contributed by atoms with E-state index in [1.807, 2.05) is 0 Å². The lowest BCUT2D eigenvalue weighted by Gasteiger charge is -2.48. The van der Waals surface area contributed by atoms with Gasteiger partial charge in [-0.2, -0.15) is 13.2 Å². The Morgan fingerprint density at radius 1 is 1.00 bits per heavy atom. The molecule has 0 bridgehead atoms. The van der Waals surface area contributed by atoms with Gasteiger partial charge in [0.2, 0.25) is 0 Å². The van der Waals surface area contributed by atoms with E-state index >= 15 is 0 Å². The minimum Gasteiger partial charge on any atom is -0.344 e. The molecule has 2 fully saturated rings. The summed E-state index contributed by atoms with van der Waals surface area (Å²) in [5, 5.41) is 2.00. The number of rotatable bonds is 4. The highest BCUT2D eigenvalue weighted by Gasteiger charge is 2.39. The average Bonchev–Trinajstić information content (AvgIpc) is 2.77. The van der Waals surface area contributed by atoms with Crippen LogP contribution in [0.4, 0.5) is 17.6 Å². The Hall–Kier alpha value is -1.54. The summed E-state index contributed by atoms with van der Waals surface area (Å²) in [6.45, 7) is 0.883. The molecule has 0 aromatic heterocycles. The van der Waals surface area contributed by atoms with Crippen LogP contribution in [0.2, 0.25) is 10.0 Å². The zero-order valence-electron chi connectivity index (χ0n) is 18.2. The molecule has 2 aliphatic rings. The van der Waals surface area contributed by atoms with E-state index in [4.69, 9.17) is 23.2 Å². The minimum atomic E-state index is -4.72. The Morgan fingerprint density at radius 2 is 1.68 bits per heavy atom. The number of alkyl halides is 3. The van der Waals surface area contributed by atoms with Gasteiger partial charge in [-0.1, -0.05) is 48.2 Å². The van der Waals surface area contributed by atoms with Gasteiger partial charge in [0, 0.05) is 12.1 Å². The predicted molar refractivity (Wildman–Crippen MR) is 127 cm³/mol. The van der Waals surface area contributed by atoms with Crippen molar-refractivity contribution in [2.24, 2.45) is 0 Å². The third-order valence-electron chi connectivity index (χ3n) is 6.66. The van der Waals surface area contributed by atoms with Crippen LogP contribution in [0.25, 0.3) is 0 Å². The molecule has 3 nitrogen and oxygen atoms in total. The number of nitrogens with zero attached hydrogens (tertiary/aromatic N) is 1. The van der Waals surface area contributed by atoms with Gasteiger partial charge in [-0.3, -0.25) is 9.69 Å². The summed E-state index contributed by atoms with van der Waals surface area (Å²) in [6, 6.07) is 7.40. The quantitative estimate of drug-likeness (QED) is 0.409. The molecule has 2 heterocycles. The second-order valence-corrected chi connectivity index (χ2v) is 9.46. The molecule has 1 N–H and O–H groups in total. The van der Waals surface area contributed by atoms with Gasteiger partial charge in [0.1, 0.15) is 5.82 Å². The van der Waals surface area contributed by atoms with E-state index in [0.29, 0.717) is 11.6 Å². The lowest BCUT2D eigenvalue weighted by atomic mass is 9.84. The summed E-state index contributed by atoms with van der Waals surface area (Å²) in [5.41, 5.74) is -0.850. The van der Waals surface area contributed by atoms with Gasteiger partial charge < -0.3 is 5.32 Å². The molecule has 2 saturated heterocycles. The summed E-state index contributed by atoms with van der Waals surface area (Å²) < 4.78 is 53.7. The molecule has 10 heteroatoms. The zero-order valence-corrected chi connectivity index (χ0v) is 20.5. The van der Waals surface area contributed by atoms with Gasteiger partial charge in [-0.05, 0) is 62.1 Å². The molecule has 0 spiro atoms. The van der Waals surface area contributed by atoms with Gasteiger partial charge in [-0.25, -0.2) is 4.39 Å². The normalized spacial score (nSPS) is 21.8. The molecule has 34 heavy (non-hydrogen) atoms. The maximum atomic E-state index is 13.6. The van der Waals surface area contributed by atoms with Gasteiger partial charge in [-0.15, -0.1) is 12.4 Å². The molecule has 186 valence electrons. The number of halogens is 7. The monoisotopic (exact) mass is 538 g/mol. The number of benzene rings is 2. The van der Waals surface area contributed by atoms with Gasteiger partial charge in [0.25, 0.3) is 5.91 Å². The largest absolute Gasteiger partial charge is 0.417 e. The molecule has 4 rings (SSSR count). The molecule has 0 aliphatic carbocycles. The molecule has 0 saturated carbocycles. The van der Waals surface area contributed by atoms with Crippen molar-refractivity contribution in [3.63, 3.8) is 0 Å². The Morgan fingerprint density at radius 3 is 2.35 bits per heavy atom. The van der Waals surface area contributed by atoms with E-state index in [0.717, 1.165) is 57.2 Å². The maximum absolute atomic E-state index is 13.6. The second-order valence-electron chi connectivity index (χ2n) is 8.67. The molecule has 3 atom stereocenters. The standard InChI is InChI=1S/C24H24Cl2F4N2O.ClH/c25-18-12-11-17(24(28,29)30)21(26)20(18)23(33)31-22(14-7-9-15(27)10-8-14)19-6-3-5-16-4-1-2-13-32(16)19;/h7-12,16,19,22H,1-6,13H2,(H,31,33);1H. The van der Waals surface area contributed by atoms with Crippen LogP contribution >= 0.6 is 35.6 Å². The number of hydrogen-bond donors (Lipinski definition) is 1. The Bertz CT molecular complexity index is 1010. The first kappa shape index (κ1) is 27.1. The molecule has 2 aromatic carbocycles. The van der Waals surface area contributed by atoms with E-state index in [1.165, 1.54) is 12.1 Å². The van der Waals surface area contributed by atoms with Crippen molar-refractivity contribution in [1.29, 1.82) is 0 Å². The van der Waals surface area contributed by atoms with Crippen molar-refractivity contribution < 1.29 is 22.4 Å². The highest BCUT2D eigenvalue weighted by Crippen LogP contribution is 2.40. The van der Waals surface area contributed by atoms with E-state index in [9.17, 15) is 22.4 Å². The van der Waals surface area contributed by atoms with Crippen LogP contribution < -0.4 is 5.32 Å². The second kappa shape index (κ2) is 11.0. The summed E-state index contributed by atoms with van der Waals surface area (Å²) >= 11 is 12.1. The molecule has 3 unspecified atom stereocenters. The van der Waals surface area contributed by atoms with Gasteiger partial charge in [0.05, 0.1) is 27.2 Å². The molecule has 2 aliphatic heterocycles. The first-order valence-corrected chi connectivity index (χ1v) is 11.8. The molecular formula is C24H25Cl3F4N2O. The SMILES string of the molecule is Cl.O=C(NC(c1ccc(F)cc1)C1CCCC2CCCCN21)c1c(Cl)ccc(C(F)(F)F)c1Cl. The lowest BCUT2D eigenvalue weighted by molar-refractivity contribution is -0.137. The van der Waals surface area contributed by atoms with Crippen LogP contribution in [-0.4, -0.2) is 29.4 Å². The fourth-order valence-electron chi connectivity index (χ4n) is 5.12. The highest BCUT2D eigenvalue weighted by atomic mass is 35.5. The number of amides is 1. The van der Waals surface area contributed by atoms with E-state index in [1.54, 1.807) is 12.1 Å². The first-order valence-electron chi connectivity index (χ1n) is 11.0. The van der Waals surface area contributed by atoms with Crippen molar-refractivity contribution in [1.82, 2.24) is 10.2 Å².